The lowest BCUT2D eigenvalue weighted by molar-refractivity contribution is -0.129. The number of hydrogen-bond acceptors (Lipinski definition) is 6. The van der Waals surface area contributed by atoms with E-state index >= 15 is 0 Å². The Morgan fingerprint density at radius 3 is 2.79 bits per heavy atom. The number of thioether (sulfide) groups is 1. The second kappa shape index (κ2) is 9.07. The van der Waals surface area contributed by atoms with Gasteiger partial charge >= 0.3 is 0 Å². The quantitative estimate of drug-likeness (QED) is 0.689. The second-order valence-corrected chi connectivity index (χ2v) is 8.57. The Labute approximate surface area is 175 Å². The standard InChI is InChI=1S/C21H28N4O3S/c1-27-15-9-10-18(28-2)16(12-15)17-8-5-11-25(17)19(26)13-29-21-22-20(23-24-21)14-6-3-4-7-14/h9-10,12,14,17H,3-8,11,13H2,1-2H3,(H,22,23,24). The number of carbonyl (C=O) groups is 1. The zero-order valence-corrected chi connectivity index (χ0v) is 17.8. The number of nitrogens with zero attached hydrogens (tertiary/aromatic N) is 3. The molecule has 1 aliphatic heterocycles. The highest BCUT2D eigenvalue weighted by Crippen LogP contribution is 2.39. The minimum Gasteiger partial charge on any atom is -0.497 e. The van der Waals surface area contributed by atoms with E-state index in [0.29, 0.717) is 16.8 Å². The molecule has 1 aliphatic carbocycles. The number of methoxy groups -OCH3 is 2. The van der Waals surface area contributed by atoms with Crippen LogP contribution >= 0.6 is 11.8 Å². The SMILES string of the molecule is COc1ccc(OC)c(C2CCCN2C(=O)CSc2n[nH]c(C3CCCC3)n2)c1. The first-order valence-corrected chi connectivity index (χ1v) is 11.2. The van der Waals surface area contributed by atoms with E-state index in [4.69, 9.17) is 9.47 Å². The fourth-order valence-electron chi connectivity index (χ4n) is 4.40. The van der Waals surface area contributed by atoms with Gasteiger partial charge in [0.2, 0.25) is 11.1 Å². The minimum atomic E-state index is 0.00865. The van der Waals surface area contributed by atoms with Crippen molar-refractivity contribution in [1.82, 2.24) is 20.1 Å². The van der Waals surface area contributed by atoms with Gasteiger partial charge in [0.25, 0.3) is 0 Å². The summed E-state index contributed by atoms with van der Waals surface area (Å²) in [6.45, 7) is 0.756. The number of aromatic amines is 1. The van der Waals surface area contributed by atoms with Gasteiger partial charge in [-0.3, -0.25) is 9.89 Å². The van der Waals surface area contributed by atoms with Gasteiger partial charge in [0.1, 0.15) is 17.3 Å². The van der Waals surface area contributed by atoms with E-state index in [9.17, 15) is 4.79 Å². The van der Waals surface area contributed by atoms with E-state index in [1.165, 1.54) is 37.4 Å². The third kappa shape index (κ3) is 4.37. The Morgan fingerprint density at radius 1 is 1.21 bits per heavy atom. The number of likely N-dealkylation sites (tertiary alicyclic amines) is 1. The minimum absolute atomic E-state index is 0.00865. The van der Waals surface area contributed by atoms with E-state index in [0.717, 1.165) is 42.3 Å². The van der Waals surface area contributed by atoms with Gasteiger partial charge < -0.3 is 14.4 Å². The van der Waals surface area contributed by atoms with Crippen molar-refractivity contribution in [3.8, 4) is 11.5 Å². The van der Waals surface area contributed by atoms with Gasteiger partial charge in [-0.05, 0) is 43.9 Å². The first-order chi connectivity index (χ1) is 14.2. The van der Waals surface area contributed by atoms with Gasteiger partial charge in [0.05, 0.1) is 26.0 Å². The molecule has 1 saturated heterocycles. The maximum absolute atomic E-state index is 13.0. The summed E-state index contributed by atoms with van der Waals surface area (Å²) < 4.78 is 10.9. The Morgan fingerprint density at radius 2 is 2.03 bits per heavy atom. The van der Waals surface area contributed by atoms with E-state index in [1.54, 1.807) is 14.2 Å². The maximum Gasteiger partial charge on any atom is 0.233 e. The molecule has 1 N–H and O–H groups in total. The number of rotatable bonds is 7. The van der Waals surface area contributed by atoms with Gasteiger partial charge in [0.15, 0.2) is 0 Å². The fraction of sp³-hybridized carbons (Fsp3) is 0.571. The molecule has 2 heterocycles. The first kappa shape index (κ1) is 20.1. The van der Waals surface area contributed by atoms with Crippen molar-refractivity contribution in [2.75, 3.05) is 26.5 Å². The van der Waals surface area contributed by atoms with Crippen LogP contribution in [0.4, 0.5) is 0 Å². The van der Waals surface area contributed by atoms with Crippen molar-refractivity contribution in [3.05, 3.63) is 29.6 Å². The highest BCUT2D eigenvalue weighted by Gasteiger charge is 2.32. The lowest BCUT2D eigenvalue weighted by Gasteiger charge is -2.26. The molecular formula is C21H28N4O3S. The predicted molar refractivity (Wildman–Crippen MR) is 112 cm³/mol. The number of nitrogens with one attached hydrogen (secondary N) is 1. The molecule has 2 fully saturated rings. The summed E-state index contributed by atoms with van der Waals surface area (Å²) in [5.41, 5.74) is 1.00. The third-order valence-corrected chi connectivity index (χ3v) is 6.75. The van der Waals surface area contributed by atoms with E-state index < -0.39 is 0 Å². The normalized spacial score (nSPS) is 19.7. The molecule has 0 spiro atoms. The molecule has 2 aliphatic rings. The zero-order valence-electron chi connectivity index (χ0n) is 17.0. The molecule has 156 valence electrons. The summed E-state index contributed by atoms with van der Waals surface area (Å²) in [4.78, 5) is 19.5. The number of H-pyrrole nitrogens is 1. The molecule has 1 saturated carbocycles. The van der Waals surface area contributed by atoms with E-state index in [1.807, 2.05) is 23.1 Å². The number of carbonyl (C=O) groups excluding carboxylic acids is 1. The van der Waals surface area contributed by atoms with Crippen LogP contribution in [0.5, 0.6) is 11.5 Å². The van der Waals surface area contributed by atoms with Crippen molar-refractivity contribution >= 4 is 17.7 Å². The van der Waals surface area contributed by atoms with Gasteiger partial charge in [-0.1, -0.05) is 24.6 Å². The van der Waals surface area contributed by atoms with E-state index in [2.05, 4.69) is 15.2 Å². The van der Waals surface area contributed by atoms with Crippen molar-refractivity contribution < 1.29 is 14.3 Å². The average Bonchev–Trinajstić information content (AvgIpc) is 3.52. The molecular weight excluding hydrogens is 388 g/mol. The summed E-state index contributed by atoms with van der Waals surface area (Å²) >= 11 is 1.41. The first-order valence-electron chi connectivity index (χ1n) is 10.3. The Kier molecular flexibility index (Phi) is 6.28. The fourth-order valence-corrected chi connectivity index (χ4v) is 5.09. The van der Waals surface area contributed by atoms with Crippen molar-refractivity contribution in [2.45, 2.75) is 55.6 Å². The van der Waals surface area contributed by atoms with Crippen LogP contribution < -0.4 is 9.47 Å². The van der Waals surface area contributed by atoms with Crippen LogP contribution in [0, 0.1) is 0 Å². The van der Waals surface area contributed by atoms with E-state index in [-0.39, 0.29) is 11.9 Å². The lowest BCUT2D eigenvalue weighted by Crippen LogP contribution is -2.32. The summed E-state index contributed by atoms with van der Waals surface area (Å²) in [7, 11) is 3.31. The Bertz CT molecular complexity index is 850. The molecule has 1 aromatic carbocycles. The summed E-state index contributed by atoms with van der Waals surface area (Å²) in [6.07, 6.45) is 6.78. The molecule has 29 heavy (non-hydrogen) atoms. The number of amides is 1. The summed E-state index contributed by atoms with van der Waals surface area (Å²) in [5, 5.41) is 8.03. The number of hydrogen-bond donors (Lipinski definition) is 1. The Hall–Kier alpha value is -2.22. The molecule has 0 radical (unpaired) electrons. The molecule has 1 atom stereocenters. The van der Waals surface area contributed by atoms with Crippen LogP contribution in [0.25, 0.3) is 0 Å². The third-order valence-electron chi connectivity index (χ3n) is 5.92. The molecule has 1 amide bonds. The topological polar surface area (TPSA) is 80.3 Å². The van der Waals surface area contributed by atoms with Crippen LogP contribution in [0.15, 0.2) is 23.4 Å². The van der Waals surface area contributed by atoms with Crippen LogP contribution in [-0.2, 0) is 4.79 Å². The number of aromatic nitrogens is 3. The predicted octanol–water partition coefficient (Wildman–Crippen LogP) is 3.94. The number of ether oxygens (including phenoxy) is 2. The highest BCUT2D eigenvalue weighted by molar-refractivity contribution is 7.99. The summed E-state index contributed by atoms with van der Waals surface area (Å²) in [5.74, 6) is 3.47. The lowest BCUT2D eigenvalue weighted by atomic mass is 10.0. The smallest absolute Gasteiger partial charge is 0.233 e. The van der Waals surface area contributed by atoms with Crippen LogP contribution in [-0.4, -0.2) is 52.5 Å². The largest absolute Gasteiger partial charge is 0.497 e. The van der Waals surface area contributed by atoms with Crippen LogP contribution in [0.3, 0.4) is 0 Å². The molecule has 7 nitrogen and oxygen atoms in total. The monoisotopic (exact) mass is 416 g/mol. The Balaban J connectivity index is 1.42. The van der Waals surface area contributed by atoms with Gasteiger partial charge in [-0.2, -0.15) is 0 Å². The summed E-state index contributed by atoms with van der Waals surface area (Å²) in [6, 6.07) is 5.77. The van der Waals surface area contributed by atoms with Crippen LogP contribution in [0.2, 0.25) is 0 Å². The van der Waals surface area contributed by atoms with Crippen molar-refractivity contribution in [2.24, 2.45) is 0 Å². The van der Waals surface area contributed by atoms with Crippen LogP contribution in [0.1, 0.15) is 61.9 Å². The molecule has 2 aromatic rings. The second-order valence-electron chi connectivity index (χ2n) is 7.63. The molecule has 4 rings (SSSR count). The van der Waals surface area contributed by atoms with Crippen molar-refractivity contribution in [3.63, 3.8) is 0 Å². The number of benzene rings is 1. The molecule has 0 bridgehead atoms. The van der Waals surface area contributed by atoms with Gasteiger partial charge in [-0.15, -0.1) is 5.10 Å². The van der Waals surface area contributed by atoms with Crippen molar-refractivity contribution in [1.29, 1.82) is 0 Å². The maximum atomic E-state index is 13.0. The zero-order chi connectivity index (χ0) is 20.2. The molecule has 8 heteroatoms. The highest BCUT2D eigenvalue weighted by atomic mass is 32.2. The van der Waals surface area contributed by atoms with Gasteiger partial charge in [-0.25, -0.2) is 4.98 Å². The average molecular weight is 417 g/mol. The molecule has 1 unspecified atom stereocenters. The van der Waals surface area contributed by atoms with Gasteiger partial charge in [0, 0.05) is 18.0 Å². The molecule has 1 aromatic heterocycles.